The van der Waals surface area contributed by atoms with Crippen molar-refractivity contribution in [3.05, 3.63) is 11.6 Å². The first-order valence-electron chi connectivity index (χ1n) is 8.26. The lowest BCUT2D eigenvalue weighted by Gasteiger charge is -2.33. The van der Waals surface area contributed by atoms with Crippen molar-refractivity contribution in [1.82, 2.24) is 9.88 Å². The second kappa shape index (κ2) is 7.70. The minimum atomic E-state index is -0.444. The summed E-state index contributed by atoms with van der Waals surface area (Å²) in [6.07, 6.45) is 3.74. The molecule has 0 spiro atoms. The van der Waals surface area contributed by atoms with E-state index in [-0.39, 0.29) is 12.0 Å². The lowest BCUT2D eigenvalue weighted by Crippen LogP contribution is -2.49. The molecule has 2 unspecified atom stereocenters. The van der Waals surface area contributed by atoms with Crippen LogP contribution in [-0.4, -0.2) is 67.9 Å². The standard InChI is InChI=1S/C16H25N3O3S/c1-12(22-11-13-3-4-13)15(20)19(16-17-5-8-23-16)10-14-9-18(2)6-7-21-14/h5,8,12-14H,3-4,6-7,9-11H2,1-2H3. The van der Waals surface area contributed by atoms with E-state index in [1.165, 1.54) is 24.2 Å². The van der Waals surface area contributed by atoms with Gasteiger partial charge in [0.05, 0.1) is 25.9 Å². The third-order valence-electron chi connectivity index (χ3n) is 4.27. The number of rotatable bonds is 7. The molecule has 23 heavy (non-hydrogen) atoms. The number of thiazole rings is 1. The average molecular weight is 339 g/mol. The van der Waals surface area contributed by atoms with Crippen LogP contribution < -0.4 is 4.90 Å². The monoisotopic (exact) mass is 339 g/mol. The molecular weight excluding hydrogens is 314 g/mol. The molecule has 1 saturated carbocycles. The molecule has 6 nitrogen and oxygen atoms in total. The Balaban J connectivity index is 1.63. The molecule has 0 N–H and O–H groups in total. The summed E-state index contributed by atoms with van der Waals surface area (Å²) in [6.45, 7) is 5.50. The first-order chi connectivity index (χ1) is 11.1. The molecule has 2 atom stereocenters. The molecule has 0 aromatic carbocycles. The van der Waals surface area contributed by atoms with Gasteiger partial charge in [-0.15, -0.1) is 11.3 Å². The summed E-state index contributed by atoms with van der Waals surface area (Å²) in [7, 11) is 2.08. The first-order valence-corrected chi connectivity index (χ1v) is 9.14. The molecule has 7 heteroatoms. The Morgan fingerprint density at radius 2 is 2.43 bits per heavy atom. The molecule has 1 aromatic heterocycles. The Bertz CT molecular complexity index is 507. The highest BCUT2D eigenvalue weighted by molar-refractivity contribution is 7.13. The number of hydrogen-bond donors (Lipinski definition) is 0. The number of ether oxygens (including phenoxy) is 2. The zero-order valence-corrected chi connectivity index (χ0v) is 14.6. The van der Waals surface area contributed by atoms with Crippen molar-refractivity contribution in [2.45, 2.75) is 32.0 Å². The second-order valence-corrected chi connectivity index (χ2v) is 7.31. The predicted molar refractivity (Wildman–Crippen MR) is 89.8 cm³/mol. The molecule has 2 aliphatic rings. The Morgan fingerprint density at radius 1 is 1.61 bits per heavy atom. The van der Waals surface area contributed by atoms with Gasteiger partial charge in [-0.25, -0.2) is 4.98 Å². The topological polar surface area (TPSA) is 54.9 Å². The van der Waals surface area contributed by atoms with Gasteiger partial charge in [-0.1, -0.05) is 0 Å². The van der Waals surface area contributed by atoms with Crippen molar-refractivity contribution in [3.8, 4) is 0 Å². The largest absolute Gasteiger partial charge is 0.374 e. The number of anilines is 1. The van der Waals surface area contributed by atoms with E-state index in [1.807, 2.05) is 12.3 Å². The molecule has 0 radical (unpaired) electrons. The molecule has 1 amide bonds. The van der Waals surface area contributed by atoms with E-state index in [0.29, 0.717) is 30.8 Å². The number of carbonyl (C=O) groups excluding carboxylic acids is 1. The highest BCUT2D eigenvalue weighted by Crippen LogP contribution is 2.29. The van der Waals surface area contributed by atoms with Crippen molar-refractivity contribution in [3.63, 3.8) is 0 Å². The third-order valence-corrected chi connectivity index (χ3v) is 5.07. The van der Waals surface area contributed by atoms with Gasteiger partial charge in [0.1, 0.15) is 6.10 Å². The highest BCUT2D eigenvalue weighted by atomic mass is 32.1. The third kappa shape index (κ3) is 4.73. The van der Waals surface area contributed by atoms with Gasteiger partial charge < -0.3 is 14.4 Å². The number of morpholine rings is 1. The van der Waals surface area contributed by atoms with E-state index in [4.69, 9.17) is 9.47 Å². The second-order valence-electron chi connectivity index (χ2n) is 6.44. The molecule has 128 valence electrons. The molecule has 2 heterocycles. The Kier molecular flexibility index (Phi) is 5.63. The predicted octanol–water partition coefficient (Wildman–Crippen LogP) is 1.62. The Morgan fingerprint density at radius 3 is 3.09 bits per heavy atom. The van der Waals surface area contributed by atoms with Gasteiger partial charge in [-0.3, -0.25) is 9.69 Å². The minimum Gasteiger partial charge on any atom is -0.374 e. The van der Waals surface area contributed by atoms with Crippen molar-refractivity contribution in [2.24, 2.45) is 5.92 Å². The maximum atomic E-state index is 12.8. The van der Waals surface area contributed by atoms with E-state index < -0.39 is 6.10 Å². The van der Waals surface area contributed by atoms with Crippen molar-refractivity contribution < 1.29 is 14.3 Å². The van der Waals surface area contributed by atoms with Crippen LogP contribution in [0.15, 0.2) is 11.6 Å². The summed E-state index contributed by atoms with van der Waals surface area (Å²) in [4.78, 5) is 21.1. The van der Waals surface area contributed by atoms with Crippen molar-refractivity contribution in [1.29, 1.82) is 0 Å². The zero-order valence-electron chi connectivity index (χ0n) is 13.8. The van der Waals surface area contributed by atoms with Gasteiger partial charge in [-0.2, -0.15) is 0 Å². The summed E-state index contributed by atoms with van der Waals surface area (Å²) in [5, 5.41) is 2.60. The summed E-state index contributed by atoms with van der Waals surface area (Å²) in [5.41, 5.74) is 0. The number of carbonyl (C=O) groups is 1. The summed E-state index contributed by atoms with van der Waals surface area (Å²) >= 11 is 1.47. The van der Waals surface area contributed by atoms with Crippen molar-refractivity contribution in [2.75, 3.05) is 44.8 Å². The van der Waals surface area contributed by atoms with Gasteiger partial charge in [0, 0.05) is 24.7 Å². The van der Waals surface area contributed by atoms with Gasteiger partial charge in [0.2, 0.25) is 0 Å². The quantitative estimate of drug-likeness (QED) is 0.756. The summed E-state index contributed by atoms with van der Waals surface area (Å²) in [5.74, 6) is 0.617. The number of nitrogens with zero attached hydrogens (tertiary/aromatic N) is 3. The van der Waals surface area contributed by atoms with Crippen LogP contribution in [0.5, 0.6) is 0 Å². The van der Waals surface area contributed by atoms with E-state index in [2.05, 4.69) is 16.9 Å². The Labute approximate surface area is 141 Å². The van der Waals surface area contributed by atoms with E-state index in [9.17, 15) is 4.79 Å². The van der Waals surface area contributed by atoms with Crippen LogP contribution in [-0.2, 0) is 14.3 Å². The normalized spacial score (nSPS) is 23.7. The van der Waals surface area contributed by atoms with Crippen LogP contribution in [0.4, 0.5) is 5.13 Å². The molecule has 1 aliphatic heterocycles. The molecule has 0 bridgehead atoms. The number of hydrogen-bond acceptors (Lipinski definition) is 6. The van der Waals surface area contributed by atoms with Crippen LogP contribution in [0.1, 0.15) is 19.8 Å². The van der Waals surface area contributed by atoms with E-state index >= 15 is 0 Å². The van der Waals surface area contributed by atoms with Crippen LogP contribution >= 0.6 is 11.3 Å². The minimum absolute atomic E-state index is 0.0113. The molecule has 2 fully saturated rings. The molecule has 1 aromatic rings. The first kappa shape index (κ1) is 16.8. The fourth-order valence-electron chi connectivity index (χ4n) is 2.65. The van der Waals surface area contributed by atoms with Crippen molar-refractivity contribution >= 4 is 22.4 Å². The smallest absolute Gasteiger partial charge is 0.257 e. The Hall–Kier alpha value is -1.02. The van der Waals surface area contributed by atoms with E-state index in [0.717, 1.165) is 13.1 Å². The van der Waals surface area contributed by atoms with Crippen LogP contribution in [0.3, 0.4) is 0 Å². The summed E-state index contributed by atoms with van der Waals surface area (Å²) < 4.78 is 11.6. The fourth-order valence-corrected chi connectivity index (χ4v) is 3.31. The maximum absolute atomic E-state index is 12.8. The van der Waals surface area contributed by atoms with Crippen LogP contribution in [0.25, 0.3) is 0 Å². The van der Waals surface area contributed by atoms with Crippen LogP contribution in [0, 0.1) is 5.92 Å². The number of aromatic nitrogens is 1. The van der Waals surface area contributed by atoms with Gasteiger partial charge >= 0.3 is 0 Å². The zero-order chi connectivity index (χ0) is 16.2. The average Bonchev–Trinajstić information content (AvgIpc) is 3.22. The highest BCUT2D eigenvalue weighted by Gasteiger charge is 2.30. The van der Waals surface area contributed by atoms with E-state index in [1.54, 1.807) is 11.1 Å². The molecule has 1 aliphatic carbocycles. The lowest BCUT2D eigenvalue weighted by atomic mass is 10.2. The SMILES string of the molecule is CC(OCC1CC1)C(=O)N(CC1CN(C)CCO1)c1nccs1. The number of amides is 1. The number of likely N-dealkylation sites (N-methyl/N-ethyl adjacent to an activating group) is 1. The molecule has 1 saturated heterocycles. The van der Waals surface area contributed by atoms with Gasteiger partial charge in [-0.05, 0) is 32.7 Å². The maximum Gasteiger partial charge on any atom is 0.257 e. The lowest BCUT2D eigenvalue weighted by molar-refractivity contribution is -0.130. The molecule has 3 rings (SSSR count). The summed E-state index contributed by atoms with van der Waals surface area (Å²) in [6, 6.07) is 0. The fraction of sp³-hybridized carbons (Fsp3) is 0.750. The van der Waals surface area contributed by atoms with Crippen LogP contribution in [0.2, 0.25) is 0 Å². The van der Waals surface area contributed by atoms with Gasteiger partial charge in [0.15, 0.2) is 5.13 Å². The molecular formula is C16H25N3O3S. The van der Waals surface area contributed by atoms with Gasteiger partial charge in [0.25, 0.3) is 5.91 Å².